The molecule has 0 aliphatic rings. The zero-order valence-electron chi connectivity index (χ0n) is 9.76. The SMILES string of the molecule is Cc1cc(C)cc(NC(N)=NCCCF)c1. The molecule has 0 aromatic heterocycles. The zero-order chi connectivity index (χ0) is 12.0. The molecule has 0 amide bonds. The van der Waals surface area contributed by atoms with Gasteiger partial charge in [0, 0.05) is 12.2 Å². The maximum atomic E-state index is 11.8. The average molecular weight is 223 g/mol. The van der Waals surface area contributed by atoms with Crippen LogP contribution in [0.3, 0.4) is 0 Å². The second-order valence-electron chi connectivity index (χ2n) is 3.81. The van der Waals surface area contributed by atoms with E-state index in [0.29, 0.717) is 18.9 Å². The molecule has 16 heavy (non-hydrogen) atoms. The number of alkyl halides is 1. The van der Waals surface area contributed by atoms with Crippen molar-refractivity contribution < 1.29 is 4.39 Å². The van der Waals surface area contributed by atoms with Crippen molar-refractivity contribution in [2.45, 2.75) is 20.3 Å². The first-order valence-corrected chi connectivity index (χ1v) is 5.33. The van der Waals surface area contributed by atoms with Crippen molar-refractivity contribution in [3.8, 4) is 0 Å². The number of benzene rings is 1. The van der Waals surface area contributed by atoms with Crippen LogP contribution in [-0.4, -0.2) is 19.2 Å². The van der Waals surface area contributed by atoms with E-state index in [1.54, 1.807) is 0 Å². The summed E-state index contributed by atoms with van der Waals surface area (Å²) in [6, 6.07) is 6.07. The molecule has 0 saturated carbocycles. The predicted molar refractivity (Wildman–Crippen MR) is 66.6 cm³/mol. The molecule has 1 rings (SSSR count). The van der Waals surface area contributed by atoms with Gasteiger partial charge in [0.05, 0.1) is 6.67 Å². The van der Waals surface area contributed by atoms with Crippen LogP contribution in [0.5, 0.6) is 0 Å². The maximum Gasteiger partial charge on any atom is 0.193 e. The van der Waals surface area contributed by atoms with Gasteiger partial charge in [0.1, 0.15) is 0 Å². The third-order valence-corrected chi connectivity index (χ3v) is 2.07. The molecule has 1 aromatic rings. The highest BCUT2D eigenvalue weighted by Crippen LogP contribution is 2.13. The van der Waals surface area contributed by atoms with Gasteiger partial charge in [0.15, 0.2) is 5.96 Å². The number of halogens is 1. The Bertz CT molecular complexity index is 354. The minimum atomic E-state index is -0.361. The predicted octanol–water partition coefficient (Wildman–Crippen LogP) is 2.39. The van der Waals surface area contributed by atoms with Crippen molar-refractivity contribution in [3.05, 3.63) is 29.3 Å². The molecule has 0 fully saturated rings. The van der Waals surface area contributed by atoms with Gasteiger partial charge in [-0.15, -0.1) is 0 Å². The topological polar surface area (TPSA) is 50.4 Å². The van der Waals surface area contributed by atoms with Crippen LogP contribution < -0.4 is 11.1 Å². The Kier molecular flexibility index (Phi) is 4.76. The highest BCUT2D eigenvalue weighted by Gasteiger charge is 1.97. The zero-order valence-corrected chi connectivity index (χ0v) is 9.76. The van der Waals surface area contributed by atoms with Gasteiger partial charge in [-0.05, 0) is 43.5 Å². The summed E-state index contributed by atoms with van der Waals surface area (Å²) < 4.78 is 11.8. The maximum absolute atomic E-state index is 11.8. The molecule has 0 radical (unpaired) electrons. The fraction of sp³-hybridized carbons (Fsp3) is 0.417. The van der Waals surface area contributed by atoms with Crippen LogP contribution in [0.15, 0.2) is 23.2 Å². The quantitative estimate of drug-likeness (QED) is 0.468. The number of guanidine groups is 1. The van der Waals surface area contributed by atoms with E-state index in [9.17, 15) is 4.39 Å². The normalized spacial score (nSPS) is 11.6. The fourth-order valence-corrected chi connectivity index (χ4v) is 1.49. The first kappa shape index (κ1) is 12.5. The third-order valence-electron chi connectivity index (χ3n) is 2.07. The molecule has 0 atom stereocenters. The second kappa shape index (κ2) is 6.10. The van der Waals surface area contributed by atoms with Crippen molar-refractivity contribution >= 4 is 11.6 Å². The van der Waals surface area contributed by atoms with E-state index in [0.717, 1.165) is 5.69 Å². The van der Waals surface area contributed by atoms with Gasteiger partial charge in [-0.2, -0.15) is 0 Å². The van der Waals surface area contributed by atoms with Crippen molar-refractivity contribution in [2.75, 3.05) is 18.5 Å². The van der Waals surface area contributed by atoms with Gasteiger partial charge in [0.25, 0.3) is 0 Å². The number of hydrogen-bond donors (Lipinski definition) is 2. The minimum absolute atomic E-state index is 0.332. The van der Waals surface area contributed by atoms with Crippen LogP contribution in [0.25, 0.3) is 0 Å². The highest BCUT2D eigenvalue weighted by atomic mass is 19.1. The van der Waals surface area contributed by atoms with Crippen LogP contribution in [0.1, 0.15) is 17.5 Å². The standard InChI is InChI=1S/C12H18FN3/c1-9-6-10(2)8-11(7-9)16-12(14)15-5-3-4-13/h6-8H,3-5H2,1-2H3,(H3,14,15,16). The molecule has 88 valence electrons. The largest absolute Gasteiger partial charge is 0.370 e. The van der Waals surface area contributed by atoms with E-state index in [-0.39, 0.29) is 6.67 Å². The summed E-state index contributed by atoms with van der Waals surface area (Å²) in [6.45, 7) is 4.10. The summed E-state index contributed by atoms with van der Waals surface area (Å²) >= 11 is 0. The first-order chi connectivity index (χ1) is 7.61. The number of nitrogens with two attached hydrogens (primary N) is 1. The average Bonchev–Trinajstić information content (AvgIpc) is 2.16. The van der Waals surface area contributed by atoms with E-state index < -0.39 is 0 Å². The Morgan fingerprint density at radius 3 is 2.50 bits per heavy atom. The van der Waals surface area contributed by atoms with Gasteiger partial charge >= 0.3 is 0 Å². The summed E-state index contributed by atoms with van der Waals surface area (Å²) in [5.41, 5.74) is 8.91. The Morgan fingerprint density at radius 1 is 1.31 bits per heavy atom. The molecule has 3 nitrogen and oxygen atoms in total. The monoisotopic (exact) mass is 223 g/mol. The number of anilines is 1. The molecule has 0 spiro atoms. The smallest absolute Gasteiger partial charge is 0.193 e. The van der Waals surface area contributed by atoms with E-state index in [4.69, 9.17) is 5.73 Å². The first-order valence-electron chi connectivity index (χ1n) is 5.33. The summed E-state index contributed by atoms with van der Waals surface area (Å²) in [5.74, 6) is 0.332. The van der Waals surface area contributed by atoms with E-state index in [1.165, 1.54) is 11.1 Å². The fourth-order valence-electron chi connectivity index (χ4n) is 1.49. The van der Waals surface area contributed by atoms with Gasteiger partial charge in [0.2, 0.25) is 0 Å². The Morgan fingerprint density at radius 2 is 1.94 bits per heavy atom. The number of aliphatic imine (C=N–C) groups is 1. The lowest BCUT2D eigenvalue weighted by molar-refractivity contribution is 0.477. The number of hydrogen-bond acceptors (Lipinski definition) is 1. The van der Waals surface area contributed by atoms with E-state index >= 15 is 0 Å². The molecule has 0 aliphatic heterocycles. The lowest BCUT2D eigenvalue weighted by Gasteiger charge is -2.07. The number of aryl methyl sites for hydroxylation is 2. The summed E-state index contributed by atoms with van der Waals surface area (Å²) in [4.78, 5) is 4.01. The van der Waals surface area contributed by atoms with E-state index in [2.05, 4.69) is 16.4 Å². The molecule has 0 unspecified atom stereocenters. The van der Waals surface area contributed by atoms with Gasteiger partial charge in [-0.1, -0.05) is 6.07 Å². The summed E-state index contributed by atoms with van der Waals surface area (Å²) in [7, 11) is 0. The van der Waals surface area contributed by atoms with Crippen molar-refractivity contribution in [1.29, 1.82) is 0 Å². The van der Waals surface area contributed by atoms with Crippen molar-refractivity contribution in [1.82, 2.24) is 0 Å². The van der Waals surface area contributed by atoms with Gasteiger partial charge in [-0.25, -0.2) is 0 Å². The van der Waals surface area contributed by atoms with Gasteiger partial charge in [-0.3, -0.25) is 9.38 Å². The van der Waals surface area contributed by atoms with Crippen LogP contribution in [0, 0.1) is 13.8 Å². The van der Waals surface area contributed by atoms with Crippen LogP contribution in [0.4, 0.5) is 10.1 Å². The van der Waals surface area contributed by atoms with Crippen molar-refractivity contribution in [3.63, 3.8) is 0 Å². The summed E-state index contributed by atoms with van der Waals surface area (Å²) in [6.07, 6.45) is 0.412. The highest BCUT2D eigenvalue weighted by molar-refractivity contribution is 5.92. The Labute approximate surface area is 95.6 Å². The molecule has 4 heteroatoms. The molecular weight excluding hydrogens is 205 g/mol. The lowest BCUT2D eigenvalue weighted by Crippen LogP contribution is -2.23. The molecule has 0 heterocycles. The van der Waals surface area contributed by atoms with E-state index in [1.807, 2.05) is 26.0 Å². The van der Waals surface area contributed by atoms with Crippen LogP contribution in [-0.2, 0) is 0 Å². The Balaban J connectivity index is 2.61. The molecule has 3 N–H and O–H groups in total. The summed E-state index contributed by atoms with van der Waals surface area (Å²) in [5, 5.41) is 2.99. The molecule has 0 bridgehead atoms. The molecule has 0 saturated heterocycles. The molecule has 1 aromatic carbocycles. The number of nitrogens with zero attached hydrogens (tertiary/aromatic N) is 1. The number of rotatable bonds is 4. The minimum Gasteiger partial charge on any atom is -0.370 e. The lowest BCUT2D eigenvalue weighted by atomic mass is 10.1. The molecule has 0 aliphatic carbocycles. The third kappa shape index (κ3) is 4.29. The second-order valence-corrected chi connectivity index (χ2v) is 3.81. The molecular formula is C12H18FN3. The number of nitrogens with one attached hydrogen (secondary N) is 1. The van der Waals surface area contributed by atoms with Crippen LogP contribution >= 0.6 is 0 Å². The van der Waals surface area contributed by atoms with Crippen LogP contribution in [0.2, 0.25) is 0 Å². The van der Waals surface area contributed by atoms with Gasteiger partial charge < -0.3 is 11.1 Å². The van der Waals surface area contributed by atoms with Crippen molar-refractivity contribution in [2.24, 2.45) is 10.7 Å². The Hall–Kier alpha value is -1.58.